The normalized spacial score (nSPS) is 10.7. The van der Waals surface area contributed by atoms with Gasteiger partial charge in [-0.25, -0.2) is 4.98 Å². The first kappa shape index (κ1) is 18.9. The van der Waals surface area contributed by atoms with E-state index in [0.717, 1.165) is 22.6 Å². The van der Waals surface area contributed by atoms with Crippen LogP contribution >= 0.6 is 11.3 Å². The number of ether oxygens (including phenoxy) is 2. The highest BCUT2D eigenvalue weighted by Crippen LogP contribution is 2.26. The fraction of sp³-hybridized carbons (Fsp3) is 0.238. The molecule has 1 heterocycles. The van der Waals surface area contributed by atoms with Crippen LogP contribution in [0, 0.1) is 6.92 Å². The minimum atomic E-state index is -0.239. The Labute approximate surface area is 163 Å². The molecule has 140 valence electrons. The first-order valence-electron chi connectivity index (χ1n) is 8.71. The fourth-order valence-electron chi connectivity index (χ4n) is 2.38. The third kappa shape index (κ3) is 5.56. The number of carbonyl (C=O) groups excluding carboxylic acids is 1. The zero-order valence-electron chi connectivity index (χ0n) is 15.6. The lowest BCUT2D eigenvalue weighted by Gasteiger charge is -2.09. The van der Waals surface area contributed by atoms with Gasteiger partial charge in [-0.2, -0.15) is 0 Å². The number of thiazole rings is 1. The lowest BCUT2D eigenvalue weighted by molar-refractivity contribution is -0.118. The van der Waals surface area contributed by atoms with Crippen molar-refractivity contribution < 1.29 is 14.3 Å². The Balaban J connectivity index is 1.55. The third-order valence-electron chi connectivity index (χ3n) is 3.66. The monoisotopic (exact) mass is 382 g/mol. The molecule has 0 spiro atoms. The Kier molecular flexibility index (Phi) is 6.08. The number of nitrogens with one attached hydrogen (secondary N) is 1. The Morgan fingerprint density at radius 1 is 1.07 bits per heavy atom. The molecule has 1 N–H and O–H groups in total. The highest BCUT2D eigenvalue weighted by atomic mass is 32.1. The Morgan fingerprint density at radius 2 is 1.74 bits per heavy atom. The molecule has 5 nitrogen and oxygen atoms in total. The minimum Gasteiger partial charge on any atom is -0.491 e. The van der Waals surface area contributed by atoms with E-state index in [4.69, 9.17) is 9.47 Å². The summed E-state index contributed by atoms with van der Waals surface area (Å²) in [6.45, 7) is 5.93. The van der Waals surface area contributed by atoms with Crippen LogP contribution in [0.4, 0.5) is 5.13 Å². The summed E-state index contributed by atoms with van der Waals surface area (Å²) in [7, 11) is 0. The predicted octanol–water partition coefficient (Wildman–Crippen LogP) is 4.92. The van der Waals surface area contributed by atoms with Crippen molar-refractivity contribution in [1.29, 1.82) is 0 Å². The maximum Gasteiger partial charge on any atom is 0.264 e. The highest BCUT2D eigenvalue weighted by molar-refractivity contribution is 7.14. The van der Waals surface area contributed by atoms with Gasteiger partial charge in [0.25, 0.3) is 5.91 Å². The van der Waals surface area contributed by atoms with Crippen LogP contribution in [0.3, 0.4) is 0 Å². The summed E-state index contributed by atoms with van der Waals surface area (Å²) >= 11 is 1.38. The maximum absolute atomic E-state index is 12.1. The SMILES string of the molecule is Cc1ccc(OCC(=O)Nc2nc(-c3ccc(OC(C)C)cc3)cs2)cc1. The van der Waals surface area contributed by atoms with E-state index in [2.05, 4.69) is 10.3 Å². The van der Waals surface area contributed by atoms with Crippen LogP contribution < -0.4 is 14.8 Å². The summed E-state index contributed by atoms with van der Waals surface area (Å²) in [4.78, 5) is 16.5. The molecule has 0 saturated carbocycles. The van der Waals surface area contributed by atoms with Crippen molar-refractivity contribution in [3.8, 4) is 22.8 Å². The van der Waals surface area contributed by atoms with Crippen LogP contribution in [0.5, 0.6) is 11.5 Å². The number of nitrogens with zero attached hydrogens (tertiary/aromatic N) is 1. The summed E-state index contributed by atoms with van der Waals surface area (Å²) in [5, 5.41) is 5.23. The molecule has 6 heteroatoms. The molecule has 0 radical (unpaired) electrons. The first-order chi connectivity index (χ1) is 13.0. The molecule has 0 atom stereocenters. The average Bonchev–Trinajstić information content (AvgIpc) is 3.10. The van der Waals surface area contributed by atoms with Gasteiger partial charge in [0.1, 0.15) is 11.5 Å². The van der Waals surface area contributed by atoms with Gasteiger partial charge in [-0.3, -0.25) is 10.1 Å². The molecule has 3 aromatic rings. The van der Waals surface area contributed by atoms with Crippen molar-refractivity contribution >= 4 is 22.4 Å². The quantitative estimate of drug-likeness (QED) is 0.630. The molecule has 3 rings (SSSR count). The van der Waals surface area contributed by atoms with E-state index in [1.807, 2.05) is 74.7 Å². The van der Waals surface area contributed by atoms with Crippen LogP contribution in [0.1, 0.15) is 19.4 Å². The van der Waals surface area contributed by atoms with Gasteiger partial charge in [-0.15, -0.1) is 11.3 Å². The number of amides is 1. The fourth-order valence-corrected chi connectivity index (χ4v) is 3.11. The molecule has 0 saturated heterocycles. The molecular formula is C21H22N2O3S. The van der Waals surface area contributed by atoms with Crippen molar-refractivity contribution in [2.24, 2.45) is 0 Å². The van der Waals surface area contributed by atoms with Gasteiger partial charge in [0.05, 0.1) is 11.8 Å². The van der Waals surface area contributed by atoms with Gasteiger partial charge in [0.15, 0.2) is 11.7 Å². The molecule has 0 unspecified atom stereocenters. The van der Waals surface area contributed by atoms with Crippen LogP contribution in [0.2, 0.25) is 0 Å². The zero-order valence-corrected chi connectivity index (χ0v) is 16.4. The lowest BCUT2D eigenvalue weighted by Crippen LogP contribution is -2.20. The average molecular weight is 382 g/mol. The smallest absolute Gasteiger partial charge is 0.264 e. The van der Waals surface area contributed by atoms with Gasteiger partial charge in [-0.05, 0) is 57.2 Å². The van der Waals surface area contributed by atoms with Crippen molar-refractivity contribution in [2.45, 2.75) is 26.9 Å². The van der Waals surface area contributed by atoms with E-state index in [-0.39, 0.29) is 18.6 Å². The van der Waals surface area contributed by atoms with E-state index in [9.17, 15) is 4.79 Å². The van der Waals surface area contributed by atoms with Crippen LogP contribution in [0.25, 0.3) is 11.3 Å². The van der Waals surface area contributed by atoms with Gasteiger partial charge in [0.2, 0.25) is 0 Å². The van der Waals surface area contributed by atoms with Crippen molar-refractivity contribution in [3.63, 3.8) is 0 Å². The van der Waals surface area contributed by atoms with Crippen LogP contribution in [-0.2, 0) is 4.79 Å². The summed E-state index contributed by atoms with van der Waals surface area (Å²) in [5.74, 6) is 1.25. The standard InChI is InChI=1S/C21H22N2O3S/c1-14(2)26-18-10-6-16(7-11-18)19-13-27-21(22-19)23-20(24)12-25-17-8-4-15(3)5-9-17/h4-11,13-14H,12H2,1-3H3,(H,22,23,24). The van der Waals surface area contributed by atoms with Crippen molar-refractivity contribution in [2.75, 3.05) is 11.9 Å². The summed E-state index contributed by atoms with van der Waals surface area (Å²) in [5.41, 5.74) is 2.93. The van der Waals surface area contributed by atoms with Crippen LogP contribution in [-0.4, -0.2) is 23.6 Å². The van der Waals surface area contributed by atoms with Crippen LogP contribution in [0.15, 0.2) is 53.9 Å². The largest absolute Gasteiger partial charge is 0.491 e. The molecule has 0 aliphatic heterocycles. The maximum atomic E-state index is 12.1. The van der Waals surface area contributed by atoms with E-state index in [0.29, 0.717) is 10.9 Å². The van der Waals surface area contributed by atoms with E-state index in [1.54, 1.807) is 0 Å². The molecule has 1 amide bonds. The molecule has 0 fully saturated rings. The third-order valence-corrected chi connectivity index (χ3v) is 4.42. The molecular weight excluding hydrogens is 360 g/mol. The number of hydrogen-bond donors (Lipinski definition) is 1. The van der Waals surface area contributed by atoms with E-state index in [1.165, 1.54) is 11.3 Å². The second-order valence-corrected chi connectivity index (χ2v) is 7.24. The molecule has 27 heavy (non-hydrogen) atoms. The van der Waals surface area contributed by atoms with Crippen molar-refractivity contribution in [3.05, 3.63) is 59.5 Å². The van der Waals surface area contributed by atoms with Gasteiger partial charge < -0.3 is 9.47 Å². The van der Waals surface area contributed by atoms with Gasteiger partial charge >= 0.3 is 0 Å². The molecule has 2 aromatic carbocycles. The molecule has 0 aliphatic carbocycles. The topological polar surface area (TPSA) is 60.5 Å². The van der Waals surface area contributed by atoms with Gasteiger partial charge in [0, 0.05) is 10.9 Å². The first-order valence-corrected chi connectivity index (χ1v) is 9.59. The minimum absolute atomic E-state index is 0.0563. The zero-order chi connectivity index (χ0) is 19.2. The number of rotatable bonds is 7. The number of carbonyl (C=O) groups is 1. The Hall–Kier alpha value is -2.86. The Bertz CT molecular complexity index is 887. The number of hydrogen-bond acceptors (Lipinski definition) is 5. The summed E-state index contributed by atoms with van der Waals surface area (Å²) < 4.78 is 11.1. The number of anilines is 1. The number of aryl methyl sites for hydroxylation is 1. The highest BCUT2D eigenvalue weighted by Gasteiger charge is 2.09. The Morgan fingerprint density at radius 3 is 2.41 bits per heavy atom. The number of benzene rings is 2. The predicted molar refractivity (Wildman–Crippen MR) is 109 cm³/mol. The second-order valence-electron chi connectivity index (χ2n) is 6.38. The lowest BCUT2D eigenvalue weighted by atomic mass is 10.2. The van der Waals surface area contributed by atoms with E-state index < -0.39 is 0 Å². The molecule has 0 aliphatic rings. The summed E-state index contributed by atoms with van der Waals surface area (Å²) in [6.07, 6.45) is 0.138. The van der Waals surface area contributed by atoms with Crippen molar-refractivity contribution in [1.82, 2.24) is 4.98 Å². The van der Waals surface area contributed by atoms with E-state index >= 15 is 0 Å². The molecule has 0 bridgehead atoms. The second kappa shape index (κ2) is 8.68. The molecule has 1 aromatic heterocycles. The summed E-state index contributed by atoms with van der Waals surface area (Å²) in [6, 6.07) is 15.3. The number of aromatic nitrogens is 1. The van der Waals surface area contributed by atoms with Gasteiger partial charge in [-0.1, -0.05) is 17.7 Å².